The average molecular weight is 254 g/mol. The molecule has 0 aliphatic carbocycles. The number of hydrogen-bond acceptors (Lipinski definition) is 6. The van der Waals surface area contributed by atoms with Crippen molar-refractivity contribution >= 4 is 22.8 Å². The van der Waals surface area contributed by atoms with Crippen LogP contribution in [0.15, 0.2) is 35.1 Å². The molecule has 2 aromatic heterocycles. The minimum Gasteiger partial charge on any atom is -0.383 e. The smallest absolute Gasteiger partial charge is 0.264 e. The first-order valence-corrected chi connectivity index (χ1v) is 5.53. The average Bonchev–Trinajstić information content (AvgIpc) is 2.38. The van der Waals surface area contributed by atoms with Crippen molar-refractivity contribution in [3.63, 3.8) is 0 Å². The fourth-order valence-electron chi connectivity index (χ4n) is 1.82. The molecule has 0 aliphatic heterocycles. The van der Waals surface area contributed by atoms with Gasteiger partial charge in [0.25, 0.3) is 5.56 Å². The zero-order valence-corrected chi connectivity index (χ0v) is 9.79. The number of aromatic amines is 1. The van der Waals surface area contributed by atoms with Gasteiger partial charge >= 0.3 is 0 Å². The highest BCUT2D eigenvalue weighted by Gasteiger charge is 2.11. The van der Waals surface area contributed by atoms with E-state index in [-0.39, 0.29) is 28.4 Å². The first-order valence-electron chi connectivity index (χ1n) is 5.53. The van der Waals surface area contributed by atoms with Crippen molar-refractivity contribution < 1.29 is 0 Å². The summed E-state index contributed by atoms with van der Waals surface area (Å²) in [5.74, 6) is 0.425. The van der Waals surface area contributed by atoms with Crippen LogP contribution < -0.4 is 17.0 Å². The van der Waals surface area contributed by atoms with Gasteiger partial charge in [-0.15, -0.1) is 0 Å². The SMILES string of the molecule is Nc1nc(N)c2c(=O)[nH]c(-c3ccccc3)nc2n1. The molecule has 0 saturated carbocycles. The Morgan fingerprint density at radius 1 is 1.00 bits per heavy atom. The summed E-state index contributed by atoms with van der Waals surface area (Å²) in [5.41, 5.74) is 11.7. The van der Waals surface area contributed by atoms with Gasteiger partial charge in [-0.25, -0.2) is 4.98 Å². The minimum absolute atomic E-state index is 0.0119. The lowest BCUT2D eigenvalue weighted by Crippen LogP contribution is -2.14. The standard InChI is InChI=1S/C12H10N6O/c13-8-7-10(18-12(14)15-8)16-9(17-11(7)19)6-4-2-1-3-5-6/h1-5H,(H5,13,14,15,16,17,18,19). The predicted octanol–water partition coefficient (Wildman–Crippen LogP) is 0.545. The summed E-state index contributed by atoms with van der Waals surface area (Å²) in [6.07, 6.45) is 0. The van der Waals surface area contributed by atoms with Crippen LogP contribution in [0.2, 0.25) is 0 Å². The van der Waals surface area contributed by atoms with E-state index in [2.05, 4.69) is 19.9 Å². The van der Waals surface area contributed by atoms with Crippen LogP contribution in [-0.2, 0) is 0 Å². The normalized spacial score (nSPS) is 10.7. The molecule has 3 rings (SSSR count). The Bertz CT molecular complexity index is 812. The van der Waals surface area contributed by atoms with E-state index in [9.17, 15) is 4.79 Å². The molecule has 5 N–H and O–H groups in total. The molecule has 3 aromatic rings. The molecule has 19 heavy (non-hydrogen) atoms. The highest BCUT2D eigenvalue weighted by molar-refractivity contribution is 5.86. The van der Waals surface area contributed by atoms with Crippen molar-refractivity contribution in [2.75, 3.05) is 11.5 Å². The van der Waals surface area contributed by atoms with E-state index in [1.807, 2.05) is 30.3 Å². The maximum atomic E-state index is 12.0. The summed E-state index contributed by atoms with van der Waals surface area (Å²) in [5, 5.41) is 0.147. The molecule has 0 saturated heterocycles. The number of fused-ring (bicyclic) bond motifs is 1. The minimum atomic E-state index is -0.388. The zero-order chi connectivity index (χ0) is 13.4. The van der Waals surface area contributed by atoms with Crippen molar-refractivity contribution in [2.45, 2.75) is 0 Å². The molecule has 0 radical (unpaired) electrons. The second-order valence-electron chi connectivity index (χ2n) is 3.95. The monoisotopic (exact) mass is 254 g/mol. The van der Waals surface area contributed by atoms with E-state index >= 15 is 0 Å². The third kappa shape index (κ3) is 1.86. The second-order valence-corrected chi connectivity index (χ2v) is 3.95. The lowest BCUT2D eigenvalue weighted by atomic mass is 10.2. The number of H-pyrrole nitrogens is 1. The van der Waals surface area contributed by atoms with Crippen LogP contribution in [0.25, 0.3) is 22.4 Å². The summed E-state index contributed by atoms with van der Waals surface area (Å²) < 4.78 is 0. The highest BCUT2D eigenvalue weighted by atomic mass is 16.1. The molecule has 7 heteroatoms. The van der Waals surface area contributed by atoms with Crippen LogP contribution in [0.1, 0.15) is 0 Å². The van der Waals surface area contributed by atoms with Crippen molar-refractivity contribution in [3.8, 4) is 11.4 Å². The quantitative estimate of drug-likeness (QED) is 0.582. The van der Waals surface area contributed by atoms with Gasteiger partial charge in [0.15, 0.2) is 5.65 Å². The molecule has 7 nitrogen and oxygen atoms in total. The van der Waals surface area contributed by atoms with Crippen molar-refractivity contribution in [2.24, 2.45) is 0 Å². The molecule has 0 amide bonds. The van der Waals surface area contributed by atoms with Crippen LogP contribution in [0, 0.1) is 0 Å². The summed E-state index contributed by atoms with van der Waals surface area (Å²) in [6.45, 7) is 0. The fourth-order valence-corrected chi connectivity index (χ4v) is 1.82. The molecule has 2 heterocycles. The summed E-state index contributed by atoms with van der Waals surface area (Å²) in [4.78, 5) is 26.6. The van der Waals surface area contributed by atoms with Crippen LogP contribution >= 0.6 is 0 Å². The molecule has 0 atom stereocenters. The second kappa shape index (κ2) is 4.05. The number of aromatic nitrogens is 4. The van der Waals surface area contributed by atoms with E-state index < -0.39 is 0 Å². The first kappa shape index (κ1) is 11.1. The van der Waals surface area contributed by atoms with Gasteiger partial charge < -0.3 is 16.5 Å². The van der Waals surface area contributed by atoms with Crippen molar-refractivity contribution in [1.82, 2.24) is 19.9 Å². The zero-order valence-electron chi connectivity index (χ0n) is 9.79. The number of benzene rings is 1. The number of nitrogens with two attached hydrogens (primary N) is 2. The van der Waals surface area contributed by atoms with Gasteiger partial charge in [0, 0.05) is 5.56 Å². The van der Waals surface area contributed by atoms with Crippen molar-refractivity contribution in [1.29, 1.82) is 0 Å². The largest absolute Gasteiger partial charge is 0.383 e. The van der Waals surface area contributed by atoms with Gasteiger partial charge in [-0.05, 0) is 0 Å². The third-order valence-electron chi connectivity index (χ3n) is 2.66. The van der Waals surface area contributed by atoms with Crippen LogP contribution in [-0.4, -0.2) is 19.9 Å². The molecule has 0 aliphatic rings. The summed E-state index contributed by atoms with van der Waals surface area (Å²) in [6, 6.07) is 9.24. The van der Waals surface area contributed by atoms with E-state index in [0.29, 0.717) is 5.82 Å². The number of anilines is 2. The molecule has 0 unspecified atom stereocenters. The van der Waals surface area contributed by atoms with Gasteiger partial charge in [0.1, 0.15) is 17.0 Å². The fraction of sp³-hybridized carbons (Fsp3) is 0. The Labute approximate surface area is 107 Å². The first-order chi connectivity index (χ1) is 9.15. The van der Waals surface area contributed by atoms with Crippen LogP contribution in [0.3, 0.4) is 0 Å². The molecule has 0 bridgehead atoms. The van der Waals surface area contributed by atoms with E-state index in [4.69, 9.17) is 11.5 Å². The number of nitrogens with zero attached hydrogens (tertiary/aromatic N) is 3. The number of rotatable bonds is 1. The lowest BCUT2D eigenvalue weighted by molar-refractivity contribution is 1.13. The number of hydrogen-bond donors (Lipinski definition) is 3. The van der Waals surface area contributed by atoms with Gasteiger partial charge in [-0.2, -0.15) is 9.97 Å². The summed E-state index contributed by atoms with van der Waals surface area (Å²) in [7, 11) is 0. The highest BCUT2D eigenvalue weighted by Crippen LogP contribution is 2.17. The molecule has 94 valence electrons. The van der Waals surface area contributed by atoms with Crippen LogP contribution in [0.5, 0.6) is 0 Å². The molecule has 0 spiro atoms. The summed E-state index contributed by atoms with van der Waals surface area (Å²) >= 11 is 0. The van der Waals surface area contributed by atoms with E-state index in [0.717, 1.165) is 5.56 Å². The Kier molecular flexibility index (Phi) is 2.38. The van der Waals surface area contributed by atoms with Crippen molar-refractivity contribution in [3.05, 3.63) is 40.7 Å². The van der Waals surface area contributed by atoms with Gasteiger partial charge in [-0.1, -0.05) is 30.3 Å². The van der Waals surface area contributed by atoms with Gasteiger partial charge in [0.2, 0.25) is 5.95 Å². The van der Waals surface area contributed by atoms with Crippen LogP contribution in [0.4, 0.5) is 11.8 Å². The Morgan fingerprint density at radius 3 is 2.47 bits per heavy atom. The van der Waals surface area contributed by atoms with Gasteiger partial charge in [0.05, 0.1) is 0 Å². The Balaban J connectivity index is 2.34. The molecule has 0 fully saturated rings. The predicted molar refractivity (Wildman–Crippen MR) is 72.2 cm³/mol. The maximum absolute atomic E-state index is 12.0. The maximum Gasteiger partial charge on any atom is 0.264 e. The van der Waals surface area contributed by atoms with Gasteiger partial charge in [-0.3, -0.25) is 4.79 Å². The Morgan fingerprint density at radius 2 is 1.74 bits per heavy atom. The van der Waals surface area contributed by atoms with E-state index in [1.165, 1.54) is 0 Å². The van der Waals surface area contributed by atoms with E-state index in [1.54, 1.807) is 0 Å². The Hall–Kier alpha value is -2.96. The molecule has 1 aromatic carbocycles. The number of nitrogens with one attached hydrogen (secondary N) is 1. The number of nitrogen functional groups attached to an aromatic ring is 2. The topological polar surface area (TPSA) is 124 Å². The third-order valence-corrected chi connectivity index (χ3v) is 2.66. The molecular formula is C12H10N6O. The molecular weight excluding hydrogens is 244 g/mol. The lowest BCUT2D eigenvalue weighted by Gasteiger charge is -2.04.